The van der Waals surface area contributed by atoms with Crippen LogP contribution in [0.3, 0.4) is 0 Å². The van der Waals surface area contributed by atoms with Crippen LogP contribution < -0.4 is 0 Å². The molecule has 4 aliphatic heterocycles. The van der Waals surface area contributed by atoms with Crippen molar-refractivity contribution < 1.29 is 24.2 Å². The lowest BCUT2D eigenvalue weighted by molar-refractivity contribution is -0.146. The SMILES string of the molecule is C=CCN(C)C(=O)[C@@H]1[C@@H]2CCC3(S2)C(C(=O)N(CC=C)CCN2CCOCC2)N([C@@H](CO)Cc2ccccc2)C(=O)[C@H]13. The van der Waals surface area contributed by atoms with Crippen LogP contribution in [0.15, 0.2) is 55.6 Å². The Morgan fingerprint density at radius 2 is 1.88 bits per heavy atom. The Morgan fingerprint density at radius 1 is 1.17 bits per heavy atom. The van der Waals surface area contributed by atoms with E-state index in [9.17, 15) is 19.5 Å². The smallest absolute Gasteiger partial charge is 0.247 e. The third-order valence-electron chi connectivity index (χ3n) is 9.41. The fourth-order valence-electron chi connectivity index (χ4n) is 7.43. The third kappa shape index (κ3) is 5.66. The van der Waals surface area contributed by atoms with Gasteiger partial charge < -0.3 is 24.5 Å². The van der Waals surface area contributed by atoms with Crippen LogP contribution in [0, 0.1) is 11.8 Å². The molecule has 0 radical (unpaired) electrons. The first-order chi connectivity index (χ1) is 20.4. The average Bonchev–Trinajstić information content (AvgIpc) is 3.66. The number of aliphatic hydroxyl groups excluding tert-OH is 1. The molecule has 4 aliphatic rings. The van der Waals surface area contributed by atoms with Crippen LogP contribution >= 0.6 is 11.8 Å². The highest BCUT2D eigenvalue weighted by molar-refractivity contribution is 8.02. The maximum Gasteiger partial charge on any atom is 0.247 e. The van der Waals surface area contributed by atoms with Crippen molar-refractivity contribution in [2.24, 2.45) is 11.8 Å². The molecule has 42 heavy (non-hydrogen) atoms. The van der Waals surface area contributed by atoms with Crippen molar-refractivity contribution in [2.75, 3.05) is 66.1 Å². The van der Waals surface area contributed by atoms with E-state index < -0.39 is 28.7 Å². The molecule has 2 bridgehead atoms. The number of hydrogen-bond acceptors (Lipinski definition) is 7. The topological polar surface area (TPSA) is 93.6 Å². The first kappa shape index (κ1) is 30.8. The highest BCUT2D eigenvalue weighted by Gasteiger charge is 2.74. The molecule has 2 unspecified atom stereocenters. The number of carbonyl (C=O) groups is 3. The molecule has 1 aromatic rings. The summed E-state index contributed by atoms with van der Waals surface area (Å²) in [5, 5.41) is 10.7. The number of morpholine rings is 1. The van der Waals surface area contributed by atoms with Crippen LogP contribution in [0.2, 0.25) is 0 Å². The predicted molar refractivity (Wildman–Crippen MR) is 164 cm³/mol. The van der Waals surface area contributed by atoms with E-state index in [2.05, 4.69) is 18.1 Å². The summed E-state index contributed by atoms with van der Waals surface area (Å²) >= 11 is 1.66. The van der Waals surface area contributed by atoms with Gasteiger partial charge in [-0.25, -0.2) is 0 Å². The van der Waals surface area contributed by atoms with E-state index in [1.165, 1.54) is 0 Å². The van der Waals surface area contributed by atoms with E-state index in [0.717, 1.165) is 25.1 Å². The Hall–Kier alpha value is -2.66. The maximum absolute atomic E-state index is 14.7. The van der Waals surface area contributed by atoms with Crippen molar-refractivity contribution in [3.05, 3.63) is 61.2 Å². The number of likely N-dealkylation sites (tertiary alicyclic amines) is 1. The summed E-state index contributed by atoms with van der Waals surface area (Å²) in [5.41, 5.74) is 0.982. The van der Waals surface area contributed by atoms with Crippen LogP contribution in [0.1, 0.15) is 18.4 Å². The number of thioether (sulfide) groups is 1. The minimum Gasteiger partial charge on any atom is -0.394 e. The van der Waals surface area contributed by atoms with Crippen LogP contribution in [0.25, 0.3) is 0 Å². The van der Waals surface area contributed by atoms with Gasteiger partial charge in [0.1, 0.15) is 6.04 Å². The van der Waals surface area contributed by atoms with E-state index in [0.29, 0.717) is 52.2 Å². The molecule has 1 N–H and O–H groups in total. The normalized spacial score (nSPS) is 29.3. The number of hydrogen-bond donors (Lipinski definition) is 1. The van der Waals surface area contributed by atoms with Gasteiger partial charge in [0.2, 0.25) is 17.7 Å². The van der Waals surface area contributed by atoms with Gasteiger partial charge in [-0.15, -0.1) is 24.9 Å². The van der Waals surface area contributed by atoms with Crippen molar-refractivity contribution in [3.8, 4) is 0 Å². The highest BCUT2D eigenvalue weighted by atomic mass is 32.2. The summed E-state index contributed by atoms with van der Waals surface area (Å²) in [6.07, 6.45) is 5.31. The fraction of sp³-hybridized carbons (Fsp3) is 0.594. The second-order valence-corrected chi connectivity index (χ2v) is 13.5. The van der Waals surface area contributed by atoms with E-state index in [-0.39, 0.29) is 29.6 Å². The van der Waals surface area contributed by atoms with Gasteiger partial charge in [-0.2, -0.15) is 0 Å². The molecule has 6 atom stereocenters. The van der Waals surface area contributed by atoms with E-state index >= 15 is 0 Å². The Bertz CT molecular complexity index is 1160. The number of benzene rings is 1. The molecule has 0 saturated carbocycles. The molecule has 1 aromatic carbocycles. The Balaban J connectivity index is 1.50. The number of nitrogens with zero attached hydrogens (tertiary/aromatic N) is 4. The van der Waals surface area contributed by atoms with E-state index in [1.807, 2.05) is 35.2 Å². The van der Waals surface area contributed by atoms with Gasteiger partial charge in [-0.1, -0.05) is 42.5 Å². The first-order valence-electron chi connectivity index (χ1n) is 15.1. The number of aliphatic hydroxyl groups is 1. The Morgan fingerprint density at radius 3 is 2.55 bits per heavy atom. The van der Waals surface area contributed by atoms with E-state index in [4.69, 9.17) is 4.74 Å². The lowest BCUT2D eigenvalue weighted by Crippen LogP contribution is -2.58. The number of ether oxygens (including phenoxy) is 1. The molecule has 9 nitrogen and oxygen atoms in total. The summed E-state index contributed by atoms with van der Waals surface area (Å²) in [6.45, 7) is 12.4. The Labute approximate surface area is 253 Å². The van der Waals surface area contributed by atoms with Gasteiger partial charge in [0, 0.05) is 51.6 Å². The molecule has 228 valence electrons. The molecular formula is C32H44N4O5S. The first-order valence-corrected chi connectivity index (χ1v) is 15.9. The van der Waals surface area contributed by atoms with Crippen LogP contribution in [0.5, 0.6) is 0 Å². The number of carbonyl (C=O) groups excluding carboxylic acids is 3. The predicted octanol–water partition coefficient (Wildman–Crippen LogP) is 1.67. The van der Waals surface area contributed by atoms with Gasteiger partial charge in [0.05, 0.1) is 42.4 Å². The van der Waals surface area contributed by atoms with Gasteiger partial charge >= 0.3 is 0 Å². The highest BCUT2D eigenvalue weighted by Crippen LogP contribution is 2.67. The van der Waals surface area contributed by atoms with Crippen LogP contribution in [-0.4, -0.2) is 131 Å². The zero-order valence-corrected chi connectivity index (χ0v) is 25.4. The maximum atomic E-state index is 14.7. The summed E-state index contributed by atoms with van der Waals surface area (Å²) < 4.78 is 4.78. The van der Waals surface area contributed by atoms with Crippen LogP contribution in [-0.2, 0) is 25.5 Å². The van der Waals surface area contributed by atoms with Crippen molar-refractivity contribution in [1.82, 2.24) is 19.6 Å². The van der Waals surface area contributed by atoms with Gasteiger partial charge in [-0.3, -0.25) is 19.3 Å². The van der Waals surface area contributed by atoms with Gasteiger partial charge in [0.15, 0.2) is 0 Å². The molecule has 4 fully saturated rings. The summed E-state index contributed by atoms with van der Waals surface area (Å²) in [4.78, 5) is 50.4. The molecule has 1 spiro atoms. The van der Waals surface area contributed by atoms with Crippen LogP contribution in [0.4, 0.5) is 0 Å². The Kier molecular flexibility index (Phi) is 9.77. The zero-order chi connectivity index (χ0) is 29.9. The van der Waals surface area contributed by atoms with Crippen molar-refractivity contribution in [3.63, 3.8) is 0 Å². The summed E-state index contributed by atoms with van der Waals surface area (Å²) in [7, 11) is 1.75. The number of fused-ring (bicyclic) bond motifs is 1. The molecule has 3 amide bonds. The second-order valence-electron chi connectivity index (χ2n) is 11.9. The third-order valence-corrected chi connectivity index (χ3v) is 11.4. The molecule has 4 heterocycles. The number of amides is 3. The molecular weight excluding hydrogens is 552 g/mol. The monoisotopic (exact) mass is 596 g/mol. The lowest BCUT2D eigenvalue weighted by atomic mass is 9.70. The minimum absolute atomic E-state index is 0.0148. The van der Waals surface area contributed by atoms with Crippen molar-refractivity contribution in [2.45, 2.75) is 41.3 Å². The van der Waals surface area contributed by atoms with Crippen molar-refractivity contribution >= 4 is 29.5 Å². The standard InChI is InChI=1S/C32H44N4O5S/c1-4-13-33(3)29(38)26-25-11-12-32(42-25)27(26)30(39)36(24(22-37)21-23-9-7-6-8-10-23)28(32)31(40)35(14-5-2)16-15-34-17-19-41-20-18-34/h4-10,24-28,37H,1-2,11-22H2,3H3/t24-,25+,26-,27+,28?,32?/m1/s1. The zero-order valence-electron chi connectivity index (χ0n) is 24.6. The summed E-state index contributed by atoms with van der Waals surface area (Å²) in [5.74, 6) is -1.48. The largest absolute Gasteiger partial charge is 0.394 e. The molecule has 4 saturated heterocycles. The average molecular weight is 597 g/mol. The molecule has 0 aliphatic carbocycles. The van der Waals surface area contributed by atoms with Gasteiger partial charge in [-0.05, 0) is 24.8 Å². The second kappa shape index (κ2) is 13.3. The fourth-order valence-corrected chi connectivity index (χ4v) is 9.62. The van der Waals surface area contributed by atoms with Gasteiger partial charge in [0.25, 0.3) is 0 Å². The molecule has 5 rings (SSSR count). The number of likely N-dealkylation sites (N-methyl/N-ethyl adjacent to an activating group) is 1. The summed E-state index contributed by atoms with van der Waals surface area (Å²) in [6, 6.07) is 8.40. The van der Waals surface area contributed by atoms with Crippen molar-refractivity contribution in [1.29, 1.82) is 0 Å². The molecule has 10 heteroatoms. The minimum atomic E-state index is -0.766. The quantitative estimate of drug-likeness (QED) is 0.347. The van der Waals surface area contributed by atoms with E-state index in [1.54, 1.807) is 40.8 Å². The lowest BCUT2D eigenvalue weighted by Gasteiger charge is -2.40. The number of rotatable bonds is 13. The molecule has 0 aromatic heterocycles.